The molecule has 0 spiro atoms. The van der Waals surface area contributed by atoms with Gasteiger partial charge in [-0.05, 0) is 23.8 Å². The number of rotatable bonds is 5. The molecule has 1 aliphatic rings. The summed E-state index contributed by atoms with van der Waals surface area (Å²) in [5.41, 5.74) is 0.419. The SMILES string of the molecule is COC1CN(C(=O)c2cc(Cc3n[nH]c(=O)c4ccccc34)ccc2F)CC(=N)N1CC(F)(F)F. The van der Waals surface area contributed by atoms with E-state index in [2.05, 4.69) is 10.2 Å². The molecule has 8 nitrogen and oxygen atoms in total. The van der Waals surface area contributed by atoms with E-state index < -0.39 is 43.1 Å². The third-order valence-electron chi connectivity index (χ3n) is 5.73. The minimum atomic E-state index is -4.56. The first-order valence-corrected chi connectivity index (χ1v) is 10.5. The molecular formula is C23H21F4N5O3. The van der Waals surface area contributed by atoms with Gasteiger partial charge in [0.2, 0.25) is 0 Å². The zero-order chi connectivity index (χ0) is 25.3. The third-order valence-corrected chi connectivity index (χ3v) is 5.73. The van der Waals surface area contributed by atoms with Gasteiger partial charge >= 0.3 is 6.18 Å². The number of aromatic amines is 1. The summed E-state index contributed by atoms with van der Waals surface area (Å²) in [4.78, 5) is 26.9. The lowest BCUT2D eigenvalue weighted by Crippen LogP contribution is -2.60. The maximum atomic E-state index is 14.6. The Morgan fingerprint density at radius 2 is 1.94 bits per heavy atom. The molecule has 2 N–H and O–H groups in total. The Bertz CT molecular complexity index is 1340. The van der Waals surface area contributed by atoms with Crippen LogP contribution >= 0.6 is 0 Å². The van der Waals surface area contributed by atoms with Crippen molar-refractivity contribution >= 4 is 22.5 Å². The van der Waals surface area contributed by atoms with Gasteiger partial charge in [-0.25, -0.2) is 9.49 Å². The molecule has 0 radical (unpaired) electrons. The summed E-state index contributed by atoms with van der Waals surface area (Å²) >= 11 is 0. The fourth-order valence-electron chi connectivity index (χ4n) is 4.06. The summed E-state index contributed by atoms with van der Waals surface area (Å²) in [6.45, 7) is -2.09. The van der Waals surface area contributed by atoms with Gasteiger partial charge in [-0.1, -0.05) is 24.3 Å². The molecule has 2 heterocycles. The van der Waals surface area contributed by atoms with Crippen LogP contribution < -0.4 is 5.56 Å². The van der Waals surface area contributed by atoms with E-state index in [4.69, 9.17) is 10.1 Å². The predicted octanol–water partition coefficient (Wildman–Crippen LogP) is 2.92. The Balaban J connectivity index is 1.59. The number of alkyl halides is 3. The topological polar surface area (TPSA) is 102 Å². The molecule has 1 saturated heterocycles. The number of hydrogen-bond donors (Lipinski definition) is 2. The second-order valence-corrected chi connectivity index (χ2v) is 8.10. The molecule has 184 valence electrons. The van der Waals surface area contributed by atoms with Crippen LogP contribution in [0.3, 0.4) is 0 Å². The highest BCUT2D eigenvalue weighted by Gasteiger charge is 2.40. The molecule has 0 aliphatic carbocycles. The van der Waals surface area contributed by atoms with Crippen molar-refractivity contribution in [1.29, 1.82) is 5.41 Å². The van der Waals surface area contributed by atoms with E-state index in [1.807, 2.05) is 0 Å². The normalized spacial score (nSPS) is 16.7. The van der Waals surface area contributed by atoms with Crippen molar-refractivity contribution in [3.63, 3.8) is 0 Å². The smallest absolute Gasteiger partial charge is 0.360 e. The zero-order valence-electron chi connectivity index (χ0n) is 18.5. The number of H-pyrrole nitrogens is 1. The van der Waals surface area contributed by atoms with Crippen LogP contribution in [0.25, 0.3) is 10.8 Å². The summed E-state index contributed by atoms with van der Waals surface area (Å²) in [6.07, 6.45) is -5.58. The molecule has 0 bridgehead atoms. The number of ether oxygens (including phenoxy) is 1. The van der Waals surface area contributed by atoms with E-state index in [9.17, 15) is 27.2 Å². The Labute approximate surface area is 196 Å². The quantitative estimate of drug-likeness (QED) is 0.535. The number of halogens is 4. The number of nitrogens with zero attached hydrogens (tertiary/aromatic N) is 3. The first kappa shape index (κ1) is 24.3. The minimum absolute atomic E-state index is 0.188. The monoisotopic (exact) mass is 491 g/mol. The van der Waals surface area contributed by atoms with E-state index in [0.717, 1.165) is 15.9 Å². The van der Waals surface area contributed by atoms with E-state index in [1.54, 1.807) is 24.3 Å². The van der Waals surface area contributed by atoms with Crippen LogP contribution in [0.1, 0.15) is 21.6 Å². The largest absolute Gasteiger partial charge is 0.406 e. The highest BCUT2D eigenvalue weighted by atomic mass is 19.4. The number of benzene rings is 2. The number of carbonyl (C=O) groups excluding carboxylic acids is 1. The molecule has 1 amide bonds. The zero-order valence-corrected chi connectivity index (χ0v) is 18.5. The molecule has 1 atom stereocenters. The number of carbonyl (C=O) groups is 1. The number of nitrogens with one attached hydrogen (secondary N) is 2. The van der Waals surface area contributed by atoms with Gasteiger partial charge in [0.15, 0.2) is 0 Å². The maximum absolute atomic E-state index is 14.6. The van der Waals surface area contributed by atoms with Crippen molar-refractivity contribution in [2.75, 3.05) is 26.7 Å². The van der Waals surface area contributed by atoms with Crippen LogP contribution in [0.2, 0.25) is 0 Å². The van der Waals surface area contributed by atoms with E-state index in [0.29, 0.717) is 22.0 Å². The van der Waals surface area contributed by atoms with Gasteiger partial charge < -0.3 is 14.5 Å². The number of fused-ring (bicyclic) bond motifs is 1. The standard InChI is InChI=1S/C23H21F4N5O3/c1-35-20-11-31(10-19(28)32(20)12-23(25,26)27)22(34)16-8-13(6-7-17(16)24)9-18-14-4-2-3-5-15(14)21(33)30-29-18/h2-8,20,28H,9-12H2,1H3,(H,30,33). The summed E-state index contributed by atoms with van der Waals surface area (Å²) in [5.74, 6) is -2.05. The van der Waals surface area contributed by atoms with E-state index >= 15 is 0 Å². The van der Waals surface area contributed by atoms with Crippen molar-refractivity contribution in [3.8, 4) is 0 Å². The number of methoxy groups -OCH3 is 1. The average Bonchev–Trinajstić information content (AvgIpc) is 2.82. The number of amides is 1. The molecular weight excluding hydrogens is 470 g/mol. The molecule has 3 aromatic rings. The van der Waals surface area contributed by atoms with Crippen LogP contribution in [-0.4, -0.2) is 70.9 Å². The number of hydrogen-bond acceptors (Lipinski definition) is 5. The fourth-order valence-corrected chi connectivity index (χ4v) is 4.06. The molecule has 4 rings (SSSR count). The Kier molecular flexibility index (Phi) is 6.57. The van der Waals surface area contributed by atoms with E-state index in [-0.39, 0.29) is 24.1 Å². The highest BCUT2D eigenvalue weighted by Crippen LogP contribution is 2.24. The van der Waals surface area contributed by atoms with Crippen LogP contribution in [0.5, 0.6) is 0 Å². The second-order valence-electron chi connectivity index (χ2n) is 8.10. The summed E-state index contributed by atoms with van der Waals surface area (Å²) in [5, 5.41) is 15.6. The molecule has 1 unspecified atom stereocenters. The predicted molar refractivity (Wildman–Crippen MR) is 119 cm³/mol. The van der Waals surface area contributed by atoms with Crippen molar-refractivity contribution in [3.05, 3.63) is 75.5 Å². The lowest BCUT2D eigenvalue weighted by Gasteiger charge is -2.42. The number of piperazine rings is 1. The first-order chi connectivity index (χ1) is 16.6. The van der Waals surface area contributed by atoms with Crippen LogP contribution in [0.4, 0.5) is 17.6 Å². The van der Waals surface area contributed by atoms with Gasteiger partial charge in [0, 0.05) is 18.9 Å². The van der Waals surface area contributed by atoms with Crippen molar-refractivity contribution in [2.24, 2.45) is 0 Å². The molecule has 35 heavy (non-hydrogen) atoms. The Morgan fingerprint density at radius 1 is 1.23 bits per heavy atom. The van der Waals surface area contributed by atoms with Crippen LogP contribution in [-0.2, 0) is 11.2 Å². The second kappa shape index (κ2) is 9.45. The molecule has 12 heteroatoms. The van der Waals surface area contributed by atoms with Gasteiger partial charge in [0.25, 0.3) is 11.5 Å². The first-order valence-electron chi connectivity index (χ1n) is 10.5. The lowest BCUT2D eigenvalue weighted by molar-refractivity contribution is -0.159. The molecule has 1 fully saturated rings. The number of amidine groups is 1. The molecule has 1 aliphatic heterocycles. The van der Waals surface area contributed by atoms with Gasteiger partial charge in [-0.2, -0.15) is 18.3 Å². The Morgan fingerprint density at radius 3 is 2.63 bits per heavy atom. The van der Waals surface area contributed by atoms with Gasteiger partial charge in [-0.15, -0.1) is 0 Å². The van der Waals surface area contributed by atoms with Crippen molar-refractivity contribution < 1.29 is 27.1 Å². The average molecular weight is 491 g/mol. The van der Waals surface area contributed by atoms with Crippen molar-refractivity contribution in [2.45, 2.75) is 18.8 Å². The Hall–Kier alpha value is -3.80. The van der Waals surface area contributed by atoms with Gasteiger partial charge in [0.05, 0.1) is 29.7 Å². The van der Waals surface area contributed by atoms with Crippen LogP contribution in [0, 0.1) is 11.2 Å². The third kappa shape index (κ3) is 5.16. The van der Waals surface area contributed by atoms with Gasteiger partial charge in [-0.3, -0.25) is 15.0 Å². The van der Waals surface area contributed by atoms with Gasteiger partial charge in [0.1, 0.15) is 24.4 Å². The lowest BCUT2D eigenvalue weighted by atomic mass is 10.0. The molecule has 1 aromatic heterocycles. The molecule has 0 saturated carbocycles. The summed E-state index contributed by atoms with van der Waals surface area (Å²) in [7, 11) is 1.18. The van der Waals surface area contributed by atoms with Crippen molar-refractivity contribution in [1.82, 2.24) is 20.0 Å². The molecule has 2 aromatic carbocycles. The number of aromatic nitrogens is 2. The fraction of sp³-hybridized carbons (Fsp3) is 0.304. The van der Waals surface area contributed by atoms with Crippen LogP contribution in [0.15, 0.2) is 47.3 Å². The van der Waals surface area contributed by atoms with E-state index in [1.165, 1.54) is 19.2 Å². The minimum Gasteiger partial charge on any atom is -0.360 e. The summed E-state index contributed by atoms with van der Waals surface area (Å²) in [6, 6.07) is 10.8. The highest BCUT2D eigenvalue weighted by molar-refractivity contribution is 5.98. The summed E-state index contributed by atoms with van der Waals surface area (Å²) < 4.78 is 58.4. The maximum Gasteiger partial charge on any atom is 0.406 e.